The van der Waals surface area contributed by atoms with E-state index in [9.17, 15) is 15.0 Å². The van der Waals surface area contributed by atoms with Gasteiger partial charge in [0.25, 0.3) is 0 Å². The molecule has 0 saturated heterocycles. The van der Waals surface area contributed by atoms with Crippen molar-refractivity contribution in [3.63, 3.8) is 0 Å². The van der Waals surface area contributed by atoms with Crippen molar-refractivity contribution in [3.05, 3.63) is 12.2 Å². The maximum atomic E-state index is 12.2. The van der Waals surface area contributed by atoms with Crippen LogP contribution in [0.25, 0.3) is 0 Å². The standard InChI is InChI=1S/C23H38O4/c1-3-5-16-23(27,4-2)17-10-11-19-14-15-22(26)21(19)13-9-7-6-8-12-20(25)18-24/h2,10-11,19-21,24-25,27H,3,5-9,12-18H2,1H3/t19-,20?,21+,23?/m0/s1. The summed E-state index contributed by atoms with van der Waals surface area (Å²) < 4.78 is 0. The number of allylic oxidation sites excluding steroid dienone is 1. The van der Waals surface area contributed by atoms with E-state index < -0.39 is 11.7 Å². The zero-order chi connectivity index (χ0) is 20.1. The number of carbonyl (C=O) groups is 1. The highest BCUT2D eigenvalue weighted by Crippen LogP contribution is 2.34. The number of ketones is 1. The summed E-state index contributed by atoms with van der Waals surface area (Å²) in [7, 11) is 0. The normalized spacial score (nSPS) is 23.4. The number of unbranched alkanes of at least 4 members (excludes halogenated alkanes) is 4. The van der Waals surface area contributed by atoms with Crippen LogP contribution in [0, 0.1) is 24.2 Å². The number of terminal acetylenes is 1. The van der Waals surface area contributed by atoms with Crippen molar-refractivity contribution in [1.82, 2.24) is 0 Å². The summed E-state index contributed by atoms with van der Waals surface area (Å²) in [5.74, 6) is 3.25. The van der Waals surface area contributed by atoms with Crippen LogP contribution in [0.1, 0.15) is 84.0 Å². The van der Waals surface area contributed by atoms with E-state index in [0.717, 1.165) is 51.4 Å². The third-order valence-electron chi connectivity index (χ3n) is 5.72. The monoisotopic (exact) mass is 378 g/mol. The molecule has 2 unspecified atom stereocenters. The summed E-state index contributed by atoms with van der Waals surface area (Å²) in [6.07, 6.45) is 19.0. The Morgan fingerprint density at radius 1 is 1.30 bits per heavy atom. The number of aliphatic hydroxyl groups is 3. The number of aliphatic hydroxyl groups excluding tert-OH is 2. The molecular weight excluding hydrogens is 340 g/mol. The Labute approximate surface area is 165 Å². The second-order valence-electron chi connectivity index (χ2n) is 8.02. The highest BCUT2D eigenvalue weighted by molar-refractivity contribution is 5.83. The van der Waals surface area contributed by atoms with Crippen LogP contribution < -0.4 is 0 Å². The highest BCUT2D eigenvalue weighted by atomic mass is 16.3. The molecule has 0 heterocycles. The van der Waals surface area contributed by atoms with Crippen LogP contribution >= 0.6 is 0 Å². The maximum Gasteiger partial charge on any atom is 0.136 e. The van der Waals surface area contributed by atoms with E-state index in [4.69, 9.17) is 11.5 Å². The lowest BCUT2D eigenvalue weighted by Crippen LogP contribution is -2.25. The van der Waals surface area contributed by atoms with Gasteiger partial charge >= 0.3 is 0 Å². The number of Topliss-reactive ketones (excluding diaryl/α,β-unsaturated/α-hetero) is 1. The fourth-order valence-corrected chi connectivity index (χ4v) is 3.87. The fraction of sp³-hybridized carbons (Fsp3) is 0.783. The predicted molar refractivity (Wildman–Crippen MR) is 109 cm³/mol. The molecule has 3 N–H and O–H groups in total. The third kappa shape index (κ3) is 9.06. The zero-order valence-electron chi connectivity index (χ0n) is 16.9. The second kappa shape index (κ2) is 13.1. The van der Waals surface area contributed by atoms with Crippen molar-refractivity contribution >= 4 is 5.78 Å². The molecule has 4 heteroatoms. The van der Waals surface area contributed by atoms with Gasteiger partial charge < -0.3 is 15.3 Å². The second-order valence-corrected chi connectivity index (χ2v) is 8.02. The Balaban J connectivity index is 2.37. The molecule has 1 saturated carbocycles. The Hall–Kier alpha value is -1.15. The first kappa shape index (κ1) is 23.9. The van der Waals surface area contributed by atoms with Crippen molar-refractivity contribution in [1.29, 1.82) is 0 Å². The van der Waals surface area contributed by atoms with E-state index in [1.165, 1.54) is 0 Å². The minimum atomic E-state index is -1.07. The summed E-state index contributed by atoms with van der Waals surface area (Å²) >= 11 is 0. The van der Waals surface area contributed by atoms with Crippen LogP contribution in [-0.4, -0.2) is 39.4 Å². The topological polar surface area (TPSA) is 77.8 Å². The molecule has 0 aromatic rings. The van der Waals surface area contributed by atoms with Crippen LogP contribution in [0.15, 0.2) is 12.2 Å². The summed E-state index contributed by atoms with van der Waals surface area (Å²) in [6, 6.07) is 0. The van der Waals surface area contributed by atoms with Crippen molar-refractivity contribution in [2.75, 3.05) is 6.61 Å². The van der Waals surface area contributed by atoms with Crippen LogP contribution in [0.3, 0.4) is 0 Å². The molecule has 4 atom stereocenters. The van der Waals surface area contributed by atoms with Gasteiger partial charge in [0.05, 0.1) is 12.7 Å². The lowest BCUT2D eigenvalue weighted by molar-refractivity contribution is -0.121. The maximum absolute atomic E-state index is 12.2. The Kier molecular flexibility index (Phi) is 11.6. The van der Waals surface area contributed by atoms with Crippen LogP contribution in [0.5, 0.6) is 0 Å². The number of hydrogen-bond donors (Lipinski definition) is 3. The minimum absolute atomic E-state index is 0.0962. The van der Waals surface area contributed by atoms with Crippen LogP contribution in [0.2, 0.25) is 0 Å². The van der Waals surface area contributed by atoms with Gasteiger partial charge in [-0.3, -0.25) is 4.79 Å². The molecule has 4 nitrogen and oxygen atoms in total. The Morgan fingerprint density at radius 3 is 2.70 bits per heavy atom. The molecule has 0 spiro atoms. The minimum Gasteiger partial charge on any atom is -0.394 e. The van der Waals surface area contributed by atoms with Gasteiger partial charge in [0.2, 0.25) is 0 Å². The van der Waals surface area contributed by atoms with Crippen molar-refractivity contribution in [2.45, 2.75) is 95.7 Å². The largest absolute Gasteiger partial charge is 0.394 e. The van der Waals surface area contributed by atoms with Gasteiger partial charge in [0, 0.05) is 18.8 Å². The highest BCUT2D eigenvalue weighted by Gasteiger charge is 2.32. The van der Waals surface area contributed by atoms with Gasteiger partial charge in [-0.25, -0.2) is 0 Å². The van der Waals surface area contributed by atoms with Gasteiger partial charge in [0.1, 0.15) is 11.4 Å². The van der Waals surface area contributed by atoms with Gasteiger partial charge in [0.15, 0.2) is 0 Å². The van der Waals surface area contributed by atoms with E-state index in [2.05, 4.69) is 18.9 Å². The molecular formula is C23H38O4. The van der Waals surface area contributed by atoms with Crippen molar-refractivity contribution in [2.24, 2.45) is 11.8 Å². The molecule has 154 valence electrons. The smallest absolute Gasteiger partial charge is 0.136 e. The summed E-state index contributed by atoms with van der Waals surface area (Å²) in [4.78, 5) is 12.2. The molecule has 1 aliphatic rings. The van der Waals surface area contributed by atoms with Crippen LogP contribution in [-0.2, 0) is 4.79 Å². The third-order valence-corrected chi connectivity index (χ3v) is 5.72. The lowest BCUT2D eigenvalue weighted by atomic mass is 9.88. The average molecular weight is 379 g/mol. The van der Waals surface area contributed by atoms with Gasteiger partial charge in [-0.2, -0.15) is 0 Å². The summed E-state index contributed by atoms with van der Waals surface area (Å²) in [5, 5.41) is 28.6. The molecule has 0 aromatic heterocycles. The average Bonchev–Trinajstić information content (AvgIpc) is 3.02. The number of rotatable bonds is 14. The number of hydrogen-bond acceptors (Lipinski definition) is 4. The first-order valence-corrected chi connectivity index (χ1v) is 10.6. The fourth-order valence-electron chi connectivity index (χ4n) is 3.87. The molecule has 1 aliphatic carbocycles. The van der Waals surface area contributed by atoms with E-state index in [0.29, 0.717) is 31.5 Å². The first-order chi connectivity index (χ1) is 13.0. The van der Waals surface area contributed by atoms with Gasteiger partial charge in [-0.15, -0.1) is 6.42 Å². The first-order valence-electron chi connectivity index (χ1n) is 10.6. The quantitative estimate of drug-likeness (QED) is 0.244. The molecule has 27 heavy (non-hydrogen) atoms. The molecule has 1 rings (SSSR count). The molecule has 0 aromatic carbocycles. The molecule has 1 fully saturated rings. The van der Waals surface area contributed by atoms with Crippen molar-refractivity contribution < 1.29 is 20.1 Å². The van der Waals surface area contributed by atoms with Gasteiger partial charge in [-0.05, 0) is 38.0 Å². The SMILES string of the molecule is C#CC(O)(CC=C[C@H]1CCC(=O)[C@@H]1CCCCCCC(O)CO)CCCC. The predicted octanol–water partition coefficient (Wildman–Crippen LogP) is 3.78. The molecule has 0 bridgehead atoms. The van der Waals surface area contributed by atoms with E-state index in [1.54, 1.807) is 0 Å². The molecule has 0 amide bonds. The zero-order valence-corrected chi connectivity index (χ0v) is 16.9. The molecule has 0 radical (unpaired) electrons. The Morgan fingerprint density at radius 2 is 2.04 bits per heavy atom. The molecule has 0 aliphatic heterocycles. The lowest BCUT2D eigenvalue weighted by Gasteiger charge is -2.21. The van der Waals surface area contributed by atoms with E-state index in [1.807, 2.05) is 6.08 Å². The van der Waals surface area contributed by atoms with Crippen LogP contribution in [0.4, 0.5) is 0 Å². The summed E-state index contributed by atoms with van der Waals surface area (Å²) in [5.41, 5.74) is -1.07. The summed E-state index contributed by atoms with van der Waals surface area (Å²) in [6.45, 7) is 1.91. The van der Waals surface area contributed by atoms with Gasteiger partial charge in [-0.1, -0.05) is 57.1 Å². The Bertz CT molecular complexity index is 493. The van der Waals surface area contributed by atoms with E-state index >= 15 is 0 Å². The number of carbonyl (C=O) groups excluding carboxylic acids is 1. The van der Waals surface area contributed by atoms with Crippen molar-refractivity contribution in [3.8, 4) is 12.3 Å². The van der Waals surface area contributed by atoms with E-state index in [-0.39, 0.29) is 18.4 Å².